The Morgan fingerprint density at radius 1 is 1.04 bits per heavy atom. The third kappa shape index (κ3) is 4.80. The molecule has 0 bridgehead atoms. The molecule has 4 nitrogen and oxygen atoms in total. The summed E-state index contributed by atoms with van der Waals surface area (Å²) in [6, 6.07) is 20.5. The Morgan fingerprint density at radius 3 is 2.41 bits per heavy atom. The molecule has 0 radical (unpaired) electrons. The quantitative estimate of drug-likeness (QED) is 0.614. The van der Waals surface area contributed by atoms with Crippen molar-refractivity contribution in [1.29, 1.82) is 0 Å². The van der Waals surface area contributed by atoms with E-state index >= 15 is 0 Å². The third-order valence-corrected chi connectivity index (χ3v) is 4.31. The van der Waals surface area contributed by atoms with Crippen molar-refractivity contribution in [2.45, 2.75) is 13.5 Å². The van der Waals surface area contributed by atoms with Crippen LogP contribution in [0.3, 0.4) is 0 Å². The highest BCUT2D eigenvalue weighted by atomic mass is 35.5. The Hall–Kier alpha value is -2.98. The summed E-state index contributed by atoms with van der Waals surface area (Å²) in [4.78, 5) is 12.5. The lowest BCUT2D eigenvalue weighted by Crippen LogP contribution is -2.12. The van der Waals surface area contributed by atoms with Gasteiger partial charge in [-0.15, -0.1) is 0 Å². The van der Waals surface area contributed by atoms with Crippen LogP contribution in [0.1, 0.15) is 21.5 Å². The maximum atomic E-state index is 12.5. The summed E-state index contributed by atoms with van der Waals surface area (Å²) in [5, 5.41) is 3.14. The minimum absolute atomic E-state index is 0.272. The summed E-state index contributed by atoms with van der Waals surface area (Å²) >= 11 is 6.37. The molecule has 0 aliphatic carbocycles. The third-order valence-electron chi connectivity index (χ3n) is 4.03. The molecule has 3 aromatic rings. The number of hydrogen-bond donors (Lipinski definition) is 1. The summed E-state index contributed by atoms with van der Waals surface area (Å²) in [6.45, 7) is 2.38. The maximum absolute atomic E-state index is 12.5. The molecule has 0 fully saturated rings. The van der Waals surface area contributed by atoms with Crippen LogP contribution in [0.4, 0.5) is 5.69 Å². The summed E-state index contributed by atoms with van der Waals surface area (Å²) in [6.07, 6.45) is 0. The Balaban J connectivity index is 1.78. The van der Waals surface area contributed by atoms with Crippen LogP contribution >= 0.6 is 11.6 Å². The fraction of sp³-hybridized carbons (Fsp3) is 0.136. The van der Waals surface area contributed by atoms with E-state index in [1.54, 1.807) is 12.1 Å². The maximum Gasteiger partial charge on any atom is 0.255 e. The van der Waals surface area contributed by atoms with E-state index in [0.29, 0.717) is 34.4 Å². The van der Waals surface area contributed by atoms with Gasteiger partial charge >= 0.3 is 0 Å². The van der Waals surface area contributed by atoms with Crippen molar-refractivity contribution in [3.8, 4) is 11.5 Å². The lowest BCUT2D eigenvalue weighted by molar-refractivity contribution is 0.102. The Kier molecular flexibility index (Phi) is 5.99. The number of para-hydroxylation sites is 1. The predicted molar refractivity (Wildman–Crippen MR) is 108 cm³/mol. The molecule has 27 heavy (non-hydrogen) atoms. The second-order valence-corrected chi connectivity index (χ2v) is 6.49. The SMILES string of the molecule is COc1cc(C(=O)Nc2ccccc2)cc(Cl)c1OCc1ccc(C)cc1. The van der Waals surface area contributed by atoms with Gasteiger partial charge in [-0.05, 0) is 36.8 Å². The average Bonchev–Trinajstić information content (AvgIpc) is 2.68. The van der Waals surface area contributed by atoms with E-state index in [2.05, 4.69) is 5.32 Å². The molecular weight excluding hydrogens is 362 g/mol. The van der Waals surface area contributed by atoms with Crippen LogP contribution in [0.15, 0.2) is 66.7 Å². The molecule has 0 unspecified atom stereocenters. The lowest BCUT2D eigenvalue weighted by atomic mass is 10.1. The zero-order valence-corrected chi connectivity index (χ0v) is 15.9. The molecule has 1 amide bonds. The summed E-state index contributed by atoms with van der Waals surface area (Å²) < 4.78 is 11.2. The molecule has 5 heteroatoms. The van der Waals surface area contributed by atoms with Crippen LogP contribution in [-0.2, 0) is 6.61 Å². The second kappa shape index (κ2) is 8.60. The number of anilines is 1. The van der Waals surface area contributed by atoms with Gasteiger partial charge in [0.1, 0.15) is 6.61 Å². The number of amides is 1. The predicted octanol–water partition coefficient (Wildman–Crippen LogP) is 5.49. The first kappa shape index (κ1) is 18.8. The molecule has 0 saturated heterocycles. The van der Waals surface area contributed by atoms with Crippen molar-refractivity contribution in [1.82, 2.24) is 0 Å². The van der Waals surface area contributed by atoms with E-state index in [0.717, 1.165) is 5.56 Å². The van der Waals surface area contributed by atoms with Gasteiger partial charge in [-0.25, -0.2) is 0 Å². The van der Waals surface area contributed by atoms with Crippen molar-refractivity contribution in [2.24, 2.45) is 0 Å². The van der Waals surface area contributed by atoms with Gasteiger partial charge in [-0.2, -0.15) is 0 Å². The molecule has 138 valence electrons. The van der Waals surface area contributed by atoms with Gasteiger partial charge in [0.15, 0.2) is 11.5 Å². The molecule has 0 spiro atoms. The van der Waals surface area contributed by atoms with Gasteiger partial charge in [0, 0.05) is 11.3 Å². The summed E-state index contributed by atoms with van der Waals surface area (Å²) in [5.41, 5.74) is 3.30. The van der Waals surface area contributed by atoms with Crippen LogP contribution in [0.2, 0.25) is 5.02 Å². The second-order valence-electron chi connectivity index (χ2n) is 6.08. The molecular formula is C22H20ClNO3. The molecule has 3 aromatic carbocycles. The van der Waals surface area contributed by atoms with Crippen LogP contribution in [-0.4, -0.2) is 13.0 Å². The standard InChI is InChI=1S/C22H20ClNO3/c1-15-8-10-16(11-9-15)14-27-21-19(23)12-17(13-20(21)26-2)22(25)24-18-6-4-3-5-7-18/h3-13H,14H2,1-2H3,(H,24,25). The van der Waals surface area contributed by atoms with E-state index in [-0.39, 0.29) is 5.91 Å². The number of carbonyl (C=O) groups is 1. The smallest absolute Gasteiger partial charge is 0.255 e. The highest BCUT2D eigenvalue weighted by Gasteiger charge is 2.16. The Labute approximate surface area is 163 Å². The molecule has 0 aromatic heterocycles. The van der Waals surface area contributed by atoms with Gasteiger partial charge in [-0.1, -0.05) is 59.6 Å². The van der Waals surface area contributed by atoms with E-state index in [9.17, 15) is 4.79 Å². The average molecular weight is 382 g/mol. The zero-order valence-electron chi connectivity index (χ0n) is 15.2. The first-order valence-electron chi connectivity index (χ1n) is 8.49. The lowest BCUT2D eigenvalue weighted by Gasteiger charge is -2.14. The fourth-order valence-electron chi connectivity index (χ4n) is 2.56. The molecule has 0 atom stereocenters. The van der Waals surface area contributed by atoms with Crippen molar-refractivity contribution < 1.29 is 14.3 Å². The van der Waals surface area contributed by atoms with Crippen molar-refractivity contribution in [3.05, 3.63) is 88.4 Å². The number of nitrogens with one attached hydrogen (secondary N) is 1. The zero-order chi connectivity index (χ0) is 19.2. The fourth-order valence-corrected chi connectivity index (χ4v) is 2.82. The monoisotopic (exact) mass is 381 g/mol. The number of aryl methyl sites for hydroxylation is 1. The van der Waals surface area contributed by atoms with Crippen LogP contribution in [0, 0.1) is 6.92 Å². The van der Waals surface area contributed by atoms with Gasteiger partial charge in [0.2, 0.25) is 0 Å². The van der Waals surface area contributed by atoms with Crippen molar-refractivity contribution >= 4 is 23.2 Å². The summed E-state index contributed by atoms with van der Waals surface area (Å²) in [7, 11) is 1.52. The summed E-state index contributed by atoms with van der Waals surface area (Å²) in [5.74, 6) is 0.551. The molecule has 3 rings (SSSR count). The van der Waals surface area contributed by atoms with Gasteiger partial charge < -0.3 is 14.8 Å². The molecule has 0 saturated carbocycles. The molecule has 0 aliphatic heterocycles. The van der Waals surface area contributed by atoms with Crippen LogP contribution in [0.25, 0.3) is 0 Å². The Bertz CT molecular complexity index is 924. The van der Waals surface area contributed by atoms with Gasteiger partial charge in [0.05, 0.1) is 12.1 Å². The minimum Gasteiger partial charge on any atom is -0.493 e. The normalized spacial score (nSPS) is 10.3. The van der Waals surface area contributed by atoms with Crippen LogP contribution in [0.5, 0.6) is 11.5 Å². The van der Waals surface area contributed by atoms with Gasteiger partial charge in [0.25, 0.3) is 5.91 Å². The number of halogens is 1. The molecule has 1 N–H and O–H groups in total. The van der Waals surface area contributed by atoms with E-state index in [1.165, 1.54) is 12.7 Å². The topological polar surface area (TPSA) is 47.6 Å². The number of rotatable bonds is 6. The van der Waals surface area contributed by atoms with Gasteiger partial charge in [-0.3, -0.25) is 4.79 Å². The molecule has 0 heterocycles. The van der Waals surface area contributed by atoms with Crippen molar-refractivity contribution in [2.75, 3.05) is 12.4 Å². The number of hydrogen-bond acceptors (Lipinski definition) is 3. The highest BCUT2D eigenvalue weighted by molar-refractivity contribution is 6.32. The van der Waals surface area contributed by atoms with Crippen molar-refractivity contribution in [3.63, 3.8) is 0 Å². The highest BCUT2D eigenvalue weighted by Crippen LogP contribution is 2.37. The minimum atomic E-state index is -0.272. The van der Waals surface area contributed by atoms with E-state index in [1.807, 2.05) is 61.5 Å². The van der Waals surface area contributed by atoms with E-state index in [4.69, 9.17) is 21.1 Å². The number of ether oxygens (including phenoxy) is 2. The number of benzene rings is 3. The molecule has 0 aliphatic rings. The Morgan fingerprint density at radius 2 is 1.74 bits per heavy atom. The number of carbonyl (C=O) groups excluding carboxylic acids is 1. The van der Waals surface area contributed by atoms with Crippen LogP contribution < -0.4 is 14.8 Å². The first-order valence-corrected chi connectivity index (χ1v) is 8.87. The first-order chi connectivity index (χ1) is 13.1. The largest absolute Gasteiger partial charge is 0.493 e. The van der Waals surface area contributed by atoms with E-state index < -0.39 is 0 Å². The number of methoxy groups -OCH3 is 1.